The van der Waals surface area contributed by atoms with Gasteiger partial charge < -0.3 is 10.5 Å². The van der Waals surface area contributed by atoms with Gasteiger partial charge in [0.1, 0.15) is 5.75 Å². The second kappa shape index (κ2) is 6.31. The average Bonchev–Trinajstić information content (AvgIpc) is 2.36. The number of carbonyl (C=O) groups excluding carboxylic acids is 1. The minimum absolute atomic E-state index is 0.0801. The van der Waals surface area contributed by atoms with E-state index < -0.39 is 30.4 Å². The van der Waals surface area contributed by atoms with Crippen molar-refractivity contribution in [1.82, 2.24) is 0 Å². The van der Waals surface area contributed by atoms with Gasteiger partial charge >= 0.3 is 18.8 Å². The van der Waals surface area contributed by atoms with Crippen molar-refractivity contribution >= 4 is 5.78 Å². The van der Waals surface area contributed by atoms with Gasteiger partial charge in [-0.15, -0.1) is 13.2 Å². The Bertz CT molecular complexity index is 488. The molecule has 0 bridgehead atoms. The van der Waals surface area contributed by atoms with Gasteiger partial charge in [-0.3, -0.25) is 4.79 Å². The molecule has 0 aliphatic heterocycles. The maximum Gasteiger partial charge on any atom is 0.525 e. The number of ether oxygens (including phenoxy) is 2. The maximum absolute atomic E-state index is 13.0. The summed E-state index contributed by atoms with van der Waals surface area (Å²) < 4.78 is 80.1. The molecule has 0 saturated heterocycles. The van der Waals surface area contributed by atoms with Crippen molar-refractivity contribution in [3.63, 3.8) is 0 Å². The highest BCUT2D eigenvalue weighted by molar-refractivity contribution is 5.97. The zero-order valence-electron chi connectivity index (χ0n) is 10.2. The summed E-state index contributed by atoms with van der Waals surface area (Å²) in [6.07, 6.45) is -14.5. The van der Waals surface area contributed by atoms with Gasteiger partial charge in [0.15, 0.2) is 5.78 Å². The lowest BCUT2D eigenvalue weighted by molar-refractivity contribution is -0.411. The first kappa shape index (κ1) is 17.2. The molecule has 10 heteroatoms. The quantitative estimate of drug-likeness (QED) is 0.647. The van der Waals surface area contributed by atoms with Crippen molar-refractivity contribution in [2.75, 3.05) is 6.54 Å². The van der Waals surface area contributed by atoms with Crippen molar-refractivity contribution in [2.24, 2.45) is 5.73 Å². The van der Waals surface area contributed by atoms with Crippen molar-refractivity contribution in [1.29, 1.82) is 0 Å². The number of benzene rings is 1. The van der Waals surface area contributed by atoms with Crippen molar-refractivity contribution in [2.45, 2.75) is 18.8 Å². The normalized spacial score (nSPS) is 13.9. The Kier molecular flexibility index (Phi) is 5.18. The Morgan fingerprint density at radius 2 is 1.67 bits per heavy atom. The molecule has 21 heavy (non-hydrogen) atoms. The van der Waals surface area contributed by atoms with E-state index in [1.807, 2.05) is 0 Å². The summed E-state index contributed by atoms with van der Waals surface area (Å²) in [7, 11) is 0. The van der Waals surface area contributed by atoms with Crippen LogP contribution >= 0.6 is 0 Å². The number of hydrogen-bond acceptors (Lipinski definition) is 4. The van der Waals surface area contributed by atoms with Gasteiger partial charge in [0.25, 0.3) is 0 Å². The molecule has 1 aromatic rings. The first-order chi connectivity index (χ1) is 9.55. The lowest BCUT2D eigenvalue weighted by Gasteiger charge is -2.22. The smallest absolute Gasteiger partial charge is 0.429 e. The van der Waals surface area contributed by atoms with Gasteiger partial charge in [-0.25, -0.2) is 9.13 Å². The molecule has 0 aromatic heterocycles. The van der Waals surface area contributed by atoms with E-state index in [1.54, 1.807) is 0 Å². The van der Waals surface area contributed by atoms with E-state index in [0.29, 0.717) is 0 Å². The minimum atomic E-state index is -5.58. The topological polar surface area (TPSA) is 61.6 Å². The third-order valence-electron chi connectivity index (χ3n) is 2.12. The van der Waals surface area contributed by atoms with Gasteiger partial charge in [0, 0.05) is 5.56 Å². The standard InChI is InChI=1S/C11H9F6NO3/c12-9(21-11(15,16)17)10(13,14)20-7-3-1-6(2-4-7)8(19)5-18/h1-4,9H,5,18H2/t9-/m1/s1. The molecule has 4 nitrogen and oxygen atoms in total. The highest BCUT2D eigenvalue weighted by Crippen LogP contribution is 2.31. The van der Waals surface area contributed by atoms with Gasteiger partial charge in [0.05, 0.1) is 6.54 Å². The summed E-state index contributed by atoms with van der Waals surface area (Å²) in [4.78, 5) is 11.2. The van der Waals surface area contributed by atoms with Gasteiger partial charge in [-0.1, -0.05) is 0 Å². The molecule has 0 fully saturated rings. The number of ketones is 1. The molecule has 2 N–H and O–H groups in total. The van der Waals surface area contributed by atoms with E-state index in [4.69, 9.17) is 5.73 Å². The molecule has 0 aliphatic carbocycles. The summed E-state index contributed by atoms with van der Waals surface area (Å²) in [5.41, 5.74) is 5.15. The first-order valence-electron chi connectivity index (χ1n) is 5.34. The Morgan fingerprint density at radius 3 is 2.10 bits per heavy atom. The first-order valence-corrected chi connectivity index (χ1v) is 5.34. The summed E-state index contributed by atoms with van der Waals surface area (Å²) in [5.74, 6) is -1.14. The zero-order chi connectivity index (χ0) is 16.3. The van der Waals surface area contributed by atoms with Crippen molar-refractivity contribution < 1.29 is 40.6 Å². The molecule has 0 saturated carbocycles. The van der Waals surface area contributed by atoms with E-state index >= 15 is 0 Å². The van der Waals surface area contributed by atoms with Crippen LogP contribution in [0.3, 0.4) is 0 Å². The van der Waals surface area contributed by atoms with Crippen molar-refractivity contribution in [3.05, 3.63) is 29.8 Å². The monoisotopic (exact) mass is 317 g/mol. The number of hydrogen-bond donors (Lipinski definition) is 1. The van der Waals surface area contributed by atoms with Crippen LogP contribution in [0, 0.1) is 0 Å². The Labute approximate surface area is 114 Å². The summed E-state index contributed by atoms with van der Waals surface area (Å²) in [6.45, 7) is -0.317. The molecule has 1 aromatic carbocycles. The fraction of sp³-hybridized carbons (Fsp3) is 0.364. The molecule has 0 spiro atoms. The van der Waals surface area contributed by atoms with E-state index in [0.717, 1.165) is 24.3 Å². The number of halogens is 6. The highest BCUT2D eigenvalue weighted by Gasteiger charge is 2.50. The lowest BCUT2D eigenvalue weighted by atomic mass is 10.1. The van der Waals surface area contributed by atoms with Crippen molar-refractivity contribution in [3.8, 4) is 5.75 Å². The number of rotatable bonds is 6. The fourth-order valence-corrected chi connectivity index (χ4v) is 1.22. The van der Waals surface area contributed by atoms with E-state index in [-0.39, 0.29) is 12.1 Å². The van der Waals surface area contributed by atoms with Gasteiger partial charge in [-0.2, -0.15) is 8.78 Å². The molecular weight excluding hydrogens is 308 g/mol. The fourth-order valence-electron chi connectivity index (χ4n) is 1.22. The average molecular weight is 317 g/mol. The number of carbonyl (C=O) groups is 1. The van der Waals surface area contributed by atoms with Crippen LogP contribution in [-0.2, 0) is 4.74 Å². The number of alkyl halides is 6. The molecule has 0 aliphatic rings. The Hall–Kier alpha value is -1.81. The van der Waals surface area contributed by atoms with Gasteiger partial charge in [-0.05, 0) is 24.3 Å². The predicted molar refractivity (Wildman–Crippen MR) is 57.4 cm³/mol. The summed E-state index contributed by atoms with van der Waals surface area (Å²) in [6, 6.07) is 3.82. The van der Waals surface area contributed by atoms with Crippen LogP contribution in [0.2, 0.25) is 0 Å². The minimum Gasteiger partial charge on any atom is -0.429 e. The molecule has 1 atom stereocenters. The van der Waals surface area contributed by atoms with Crippen LogP contribution < -0.4 is 10.5 Å². The third-order valence-corrected chi connectivity index (χ3v) is 2.12. The molecule has 0 radical (unpaired) electrons. The number of Topliss-reactive ketones (excluding diaryl/α,β-unsaturated/α-hetero) is 1. The maximum atomic E-state index is 13.0. The second-order valence-corrected chi connectivity index (χ2v) is 3.70. The largest absolute Gasteiger partial charge is 0.525 e. The second-order valence-electron chi connectivity index (χ2n) is 3.70. The predicted octanol–water partition coefficient (Wildman–Crippen LogP) is 2.63. The SMILES string of the molecule is NCC(=O)c1ccc(OC(F)(F)[C@H](F)OC(F)(F)F)cc1. The molecule has 118 valence electrons. The van der Waals surface area contributed by atoms with Crippen LogP contribution in [0.5, 0.6) is 5.75 Å². The van der Waals surface area contributed by atoms with Gasteiger partial charge in [0.2, 0.25) is 0 Å². The molecule has 0 amide bonds. The summed E-state index contributed by atoms with van der Waals surface area (Å²) >= 11 is 0. The Morgan fingerprint density at radius 1 is 1.14 bits per heavy atom. The lowest BCUT2D eigenvalue weighted by Crippen LogP contribution is -2.41. The van der Waals surface area contributed by atoms with Crippen LogP contribution in [0.15, 0.2) is 24.3 Å². The molecular formula is C11H9F6NO3. The van der Waals surface area contributed by atoms with Crippen LogP contribution in [0.1, 0.15) is 10.4 Å². The zero-order valence-corrected chi connectivity index (χ0v) is 10.2. The van der Waals surface area contributed by atoms with E-state index in [1.165, 1.54) is 0 Å². The van der Waals surface area contributed by atoms with E-state index in [2.05, 4.69) is 9.47 Å². The van der Waals surface area contributed by atoms with Crippen LogP contribution in [0.25, 0.3) is 0 Å². The number of nitrogens with two attached hydrogens (primary N) is 1. The highest BCUT2D eigenvalue weighted by atomic mass is 19.4. The Balaban J connectivity index is 2.77. The molecule has 0 unspecified atom stereocenters. The van der Waals surface area contributed by atoms with E-state index in [9.17, 15) is 31.1 Å². The third kappa shape index (κ3) is 5.23. The summed E-state index contributed by atoms with van der Waals surface area (Å²) in [5, 5.41) is 0. The van der Waals surface area contributed by atoms with Crippen LogP contribution in [0.4, 0.5) is 26.3 Å². The molecule has 0 heterocycles. The van der Waals surface area contributed by atoms with Crippen LogP contribution in [-0.4, -0.2) is 31.2 Å². The molecule has 1 rings (SSSR count).